The molecule has 3 aliphatic rings. The monoisotopic (exact) mass is 306 g/mol. The third-order valence-electron chi connectivity index (χ3n) is 4.04. The molecular weight excluding hydrogens is 288 g/mol. The topological polar surface area (TPSA) is 102 Å². The highest BCUT2D eigenvalue weighted by Crippen LogP contribution is 2.37. The minimum absolute atomic E-state index is 0.392. The lowest BCUT2D eigenvalue weighted by Gasteiger charge is -2.39. The Bertz CT molecular complexity index is 578. The van der Waals surface area contributed by atoms with Crippen LogP contribution in [0, 0.1) is 5.92 Å². The molecule has 0 radical (unpaired) electrons. The maximum atomic E-state index is 12.1. The van der Waals surface area contributed by atoms with Gasteiger partial charge in [0, 0.05) is 25.0 Å². The maximum absolute atomic E-state index is 12.1. The van der Waals surface area contributed by atoms with Crippen LogP contribution in [0.4, 0.5) is 0 Å². The number of hydrogen-bond acceptors (Lipinski definition) is 8. The maximum Gasteiger partial charge on any atom is 0.369 e. The fraction of sp³-hybridized carbons (Fsp3) is 0.643. The number of hydrazone groups is 1. The summed E-state index contributed by atoms with van der Waals surface area (Å²) in [5.41, 5.74) is 3.00. The summed E-state index contributed by atoms with van der Waals surface area (Å²) in [6.45, 7) is 3.95. The van der Waals surface area contributed by atoms with E-state index in [9.17, 15) is 9.59 Å². The van der Waals surface area contributed by atoms with E-state index in [1.165, 1.54) is 0 Å². The van der Waals surface area contributed by atoms with Crippen molar-refractivity contribution in [3.63, 3.8) is 0 Å². The van der Waals surface area contributed by atoms with Crippen molar-refractivity contribution in [2.75, 3.05) is 0 Å². The van der Waals surface area contributed by atoms with Gasteiger partial charge in [0.1, 0.15) is 0 Å². The average Bonchev–Trinajstić information content (AvgIpc) is 2.87. The van der Waals surface area contributed by atoms with Crippen molar-refractivity contribution in [1.82, 2.24) is 5.43 Å². The molecule has 1 N–H and O–H groups in total. The Balaban J connectivity index is 1.66. The van der Waals surface area contributed by atoms with Crippen LogP contribution in [0.25, 0.3) is 0 Å². The lowest BCUT2D eigenvalue weighted by Crippen LogP contribution is -2.52. The summed E-state index contributed by atoms with van der Waals surface area (Å²) >= 11 is 0. The molecule has 2 heterocycles. The van der Waals surface area contributed by atoms with Crippen molar-refractivity contribution in [3.05, 3.63) is 0 Å². The molecule has 0 atom stereocenters. The van der Waals surface area contributed by atoms with Crippen molar-refractivity contribution < 1.29 is 19.1 Å². The molecule has 0 aromatic rings. The smallest absolute Gasteiger partial charge is 0.369 e. The first-order valence-corrected chi connectivity index (χ1v) is 7.38. The largest absolute Gasteiger partial charge is 0.417 e. The van der Waals surface area contributed by atoms with Crippen molar-refractivity contribution >= 4 is 29.2 Å². The van der Waals surface area contributed by atoms with Crippen molar-refractivity contribution in [3.8, 4) is 0 Å². The molecule has 0 amide bonds. The molecule has 22 heavy (non-hydrogen) atoms. The Kier molecular flexibility index (Phi) is 3.67. The van der Waals surface area contributed by atoms with Gasteiger partial charge in [-0.2, -0.15) is 10.2 Å². The molecular formula is C14H18N4O4. The van der Waals surface area contributed by atoms with Crippen LogP contribution in [0.3, 0.4) is 0 Å². The third kappa shape index (κ3) is 2.86. The van der Waals surface area contributed by atoms with Crippen LogP contribution in [0.1, 0.15) is 46.0 Å². The van der Waals surface area contributed by atoms with Gasteiger partial charge < -0.3 is 9.47 Å². The van der Waals surface area contributed by atoms with Crippen LogP contribution in [0.2, 0.25) is 0 Å². The van der Waals surface area contributed by atoms with Crippen molar-refractivity contribution in [1.29, 1.82) is 0 Å². The van der Waals surface area contributed by atoms with Crippen LogP contribution >= 0.6 is 0 Å². The summed E-state index contributed by atoms with van der Waals surface area (Å²) in [7, 11) is 0. The molecule has 2 fully saturated rings. The van der Waals surface area contributed by atoms with Gasteiger partial charge in [0.2, 0.25) is 0 Å². The fourth-order valence-electron chi connectivity index (χ4n) is 2.68. The fourth-order valence-corrected chi connectivity index (χ4v) is 2.68. The minimum atomic E-state index is -1.11. The van der Waals surface area contributed by atoms with E-state index in [1.807, 2.05) is 6.92 Å². The number of rotatable bonds is 1. The minimum Gasteiger partial charge on any atom is -0.417 e. The zero-order valence-electron chi connectivity index (χ0n) is 12.6. The van der Waals surface area contributed by atoms with E-state index in [0.717, 1.165) is 18.6 Å². The second-order valence-corrected chi connectivity index (χ2v) is 6.00. The Morgan fingerprint density at radius 3 is 2.36 bits per heavy atom. The normalized spacial score (nSPS) is 31.4. The zero-order chi connectivity index (χ0) is 15.7. The molecule has 118 valence electrons. The van der Waals surface area contributed by atoms with E-state index >= 15 is 0 Å². The van der Waals surface area contributed by atoms with Crippen molar-refractivity contribution in [2.24, 2.45) is 21.2 Å². The molecule has 0 aromatic heterocycles. The van der Waals surface area contributed by atoms with Gasteiger partial charge in [-0.05, 0) is 25.7 Å². The van der Waals surface area contributed by atoms with E-state index in [2.05, 4.69) is 27.7 Å². The number of hydrogen-bond donors (Lipinski definition) is 1. The second kappa shape index (κ2) is 5.51. The molecule has 1 saturated carbocycles. The van der Waals surface area contributed by atoms with Gasteiger partial charge in [-0.25, -0.2) is 9.59 Å². The Morgan fingerprint density at radius 2 is 1.82 bits per heavy atom. The molecule has 8 heteroatoms. The molecule has 2 aliphatic heterocycles. The first-order valence-electron chi connectivity index (χ1n) is 7.38. The average molecular weight is 306 g/mol. The predicted molar refractivity (Wildman–Crippen MR) is 78.3 cm³/mol. The van der Waals surface area contributed by atoms with Crippen LogP contribution in [-0.2, 0) is 19.1 Å². The number of ether oxygens (including phenoxy) is 2. The Labute approximate surface area is 127 Å². The van der Waals surface area contributed by atoms with Gasteiger partial charge in [-0.3, -0.25) is 5.43 Å². The number of nitrogens with one attached hydrogen (secondary N) is 1. The van der Waals surface area contributed by atoms with E-state index < -0.39 is 23.4 Å². The molecule has 3 rings (SSSR count). The summed E-state index contributed by atoms with van der Waals surface area (Å²) in [5.74, 6) is -1.60. The van der Waals surface area contributed by atoms with Gasteiger partial charge in [0.25, 0.3) is 11.5 Å². The molecule has 0 aromatic carbocycles. The molecule has 0 unspecified atom stereocenters. The Hall–Kier alpha value is -2.25. The number of nitrogens with zero attached hydrogens (tertiary/aromatic N) is 3. The Morgan fingerprint density at radius 1 is 1.18 bits per heavy atom. The first-order chi connectivity index (χ1) is 10.5. The van der Waals surface area contributed by atoms with Gasteiger partial charge in [0.15, 0.2) is 5.84 Å². The molecule has 8 nitrogen and oxygen atoms in total. The predicted octanol–water partition coefficient (Wildman–Crippen LogP) is 1.12. The standard InChI is InChI=1S/C14H18N4O4/c1-8-3-5-14(6-4-8)21-12(19)11(13(20)22-14)18-17-10-7-9(2)15-16-10/h8H,3-7H2,1-2H3,(H,16,17). The van der Waals surface area contributed by atoms with Crippen molar-refractivity contribution in [2.45, 2.75) is 51.7 Å². The van der Waals surface area contributed by atoms with E-state index in [0.29, 0.717) is 31.0 Å². The first kappa shape index (κ1) is 14.7. The van der Waals surface area contributed by atoms with E-state index in [1.54, 1.807) is 0 Å². The molecule has 0 bridgehead atoms. The highest BCUT2D eigenvalue weighted by Gasteiger charge is 2.48. The van der Waals surface area contributed by atoms with Gasteiger partial charge in [-0.1, -0.05) is 6.92 Å². The quantitative estimate of drug-likeness (QED) is 0.577. The van der Waals surface area contributed by atoms with Crippen LogP contribution < -0.4 is 5.43 Å². The molecule has 1 spiro atoms. The lowest BCUT2D eigenvalue weighted by molar-refractivity contribution is -0.239. The number of carbonyl (C=O) groups excluding carboxylic acids is 2. The lowest BCUT2D eigenvalue weighted by atomic mass is 9.86. The highest BCUT2D eigenvalue weighted by molar-refractivity contribution is 6.63. The number of esters is 2. The van der Waals surface area contributed by atoms with E-state index in [-0.39, 0.29) is 0 Å². The summed E-state index contributed by atoms with van der Waals surface area (Å²) < 4.78 is 10.7. The van der Waals surface area contributed by atoms with Crippen LogP contribution in [0.5, 0.6) is 0 Å². The van der Waals surface area contributed by atoms with Gasteiger partial charge >= 0.3 is 11.9 Å². The van der Waals surface area contributed by atoms with Crippen LogP contribution in [-0.4, -0.2) is 35.0 Å². The highest BCUT2D eigenvalue weighted by atomic mass is 16.7. The number of amidine groups is 1. The zero-order valence-corrected chi connectivity index (χ0v) is 12.6. The van der Waals surface area contributed by atoms with E-state index in [4.69, 9.17) is 9.47 Å². The SMILES string of the molecule is CC1=NN=C(NN=C2C(=O)OC3(CCC(C)CC3)OC2=O)C1. The summed E-state index contributed by atoms with van der Waals surface area (Å²) in [6.07, 6.45) is 3.29. The summed E-state index contributed by atoms with van der Waals surface area (Å²) in [5, 5.41) is 11.4. The van der Waals surface area contributed by atoms with Gasteiger partial charge in [-0.15, -0.1) is 5.10 Å². The molecule has 1 aliphatic carbocycles. The summed E-state index contributed by atoms with van der Waals surface area (Å²) in [6, 6.07) is 0. The van der Waals surface area contributed by atoms with Crippen LogP contribution in [0.15, 0.2) is 15.3 Å². The summed E-state index contributed by atoms with van der Waals surface area (Å²) in [4.78, 5) is 24.1. The van der Waals surface area contributed by atoms with Gasteiger partial charge in [0.05, 0.1) is 0 Å². The molecule has 1 saturated heterocycles. The number of carbonyl (C=O) groups is 2. The second-order valence-electron chi connectivity index (χ2n) is 6.00. The third-order valence-corrected chi connectivity index (χ3v) is 4.04.